The topological polar surface area (TPSA) is 41.6 Å². The van der Waals surface area contributed by atoms with Gasteiger partial charge in [-0.2, -0.15) is 0 Å². The fraction of sp³-hybridized carbons (Fsp3) is 0.591. The molecular weight excluding hydrogens is 324 g/mol. The van der Waals surface area contributed by atoms with Gasteiger partial charge in [-0.05, 0) is 49.7 Å². The number of rotatable bonds is 4. The zero-order valence-corrected chi connectivity index (χ0v) is 15.5. The quantitative estimate of drug-likeness (QED) is 0.902. The fourth-order valence-corrected chi connectivity index (χ4v) is 4.60. The molecule has 26 heavy (non-hydrogen) atoms. The Morgan fingerprint density at radius 2 is 1.85 bits per heavy atom. The lowest BCUT2D eigenvalue weighted by Gasteiger charge is -2.29. The summed E-state index contributed by atoms with van der Waals surface area (Å²) in [6, 6.07) is 11.6. The molecular formula is C22H30N2O2. The van der Waals surface area contributed by atoms with Crippen molar-refractivity contribution in [1.82, 2.24) is 10.2 Å². The third-order valence-corrected chi connectivity index (χ3v) is 6.14. The van der Waals surface area contributed by atoms with E-state index in [1.54, 1.807) is 0 Å². The van der Waals surface area contributed by atoms with Gasteiger partial charge in [-0.25, -0.2) is 0 Å². The Kier molecular flexibility index (Phi) is 5.71. The van der Waals surface area contributed by atoms with Crippen molar-refractivity contribution >= 4 is 11.5 Å². The first-order valence-electron chi connectivity index (χ1n) is 10.2. The van der Waals surface area contributed by atoms with E-state index in [1.807, 2.05) is 6.07 Å². The molecule has 0 radical (unpaired) electrons. The standard InChI is InChI=1S/C22H30N2O2/c25-22(19-6-7-21(16-19)23-20-10-14-26-15-11-20)24-12-8-18(9-13-24)17-4-2-1-3-5-17/h1-5,8,19-21,23H,6-7,9-16H2/t19-,21?/m0/s1. The van der Waals surface area contributed by atoms with Crippen molar-refractivity contribution in [2.45, 2.75) is 50.6 Å². The molecule has 1 aliphatic carbocycles. The van der Waals surface area contributed by atoms with Gasteiger partial charge in [0.1, 0.15) is 0 Å². The monoisotopic (exact) mass is 354 g/mol. The minimum absolute atomic E-state index is 0.207. The van der Waals surface area contributed by atoms with Crippen molar-refractivity contribution < 1.29 is 9.53 Å². The largest absolute Gasteiger partial charge is 0.381 e. The summed E-state index contributed by atoms with van der Waals surface area (Å²) >= 11 is 0. The van der Waals surface area contributed by atoms with Gasteiger partial charge in [0.25, 0.3) is 0 Å². The molecule has 1 aromatic carbocycles. The molecule has 2 atom stereocenters. The molecule has 0 bridgehead atoms. The van der Waals surface area contributed by atoms with Crippen LogP contribution < -0.4 is 5.32 Å². The molecule has 1 N–H and O–H groups in total. The highest BCUT2D eigenvalue weighted by molar-refractivity contribution is 5.81. The molecule has 4 nitrogen and oxygen atoms in total. The Morgan fingerprint density at radius 3 is 2.58 bits per heavy atom. The molecule has 2 heterocycles. The van der Waals surface area contributed by atoms with Gasteiger partial charge in [0.05, 0.1) is 0 Å². The second-order valence-corrected chi connectivity index (χ2v) is 7.89. The van der Waals surface area contributed by atoms with Gasteiger partial charge in [0.15, 0.2) is 0 Å². The first-order chi connectivity index (χ1) is 12.8. The molecule has 140 valence electrons. The van der Waals surface area contributed by atoms with Crippen LogP contribution in [0.5, 0.6) is 0 Å². The van der Waals surface area contributed by atoms with Crippen LogP contribution in [0.25, 0.3) is 5.57 Å². The molecule has 0 aromatic heterocycles. The van der Waals surface area contributed by atoms with E-state index in [4.69, 9.17) is 4.74 Å². The van der Waals surface area contributed by atoms with E-state index in [1.165, 1.54) is 11.1 Å². The Morgan fingerprint density at radius 1 is 1.04 bits per heavy atom. The van der Waals surface area contributed by atoms with Crippen LogP contribution in [0, 0.1) is 5.92 Å². The molecule has 2 aliphatic heterocycles. The van der Waals surface area contributed by atoms with Crippen molar-refractivity contribution in [1.29, 1.82) is 0 Å². The van der Waals surface area contributed by atoms with Crippen LogP contribution >= 0.6 is 0 Å². The van der Waals surface area contributed by atoms with Crippen LogP contribution in [0.2, 0.25) is 0 Å². The number of hydrogen-bond acceptors (Lipinski definition) is 3. The maximum atomic E-state index is 12.9. The van der Waals surface area contributed by atoms with Gasteiger partial charge in [-0.1, -0.05) is 36.4 Å². The molecule has 1 aromatic rings. The Bertz CT molecular complexity index is 637. The highest BCUT2D eigenvalue weighted by Gasteiger charge is 2.34. The van der Waals surface area contributed by atoms with Crippen LogP contribution in [-0.2, 0) is 9.53 Å². The van der Waals surface area contributed by atoms with Crippen LogP contribution in [0.15, 0.2) is 36.4 Å². The summed E-state index contributed by atoms with van der Waals surface area (Å²) in [5.41, 5.74) is 2.67. The van der Waals surface area contributed by atoms with E-state index >= 15 is 0 Å². The second kappa shape index (κ2) is 8.36. The predicted molar refractivity (Wildman–Crippen MR) is 104 cm³/mol. The summed E-state index contributed by atoms with van der Waals surface area (Å²) in [7, 11) is 0. The number of carbonyl (C=O) groups excluding carboxylic acids is 1. The minimum Gasteiger partial charge on any atom is -0.381 e. The van der Waals surface area contributed by atoms with E-state index in [0.717, 1.165) is 64.8 Å². The summed E-state index contributed by atoms with van der Waals surface area (Å²) < 4.78 is 5.44. The van der Waals surface area contributed by atoms with E-state index in [-0.39, 0.29) is 5.92 Å². The van der Waals surface area contributed by atoms with Gasteiger partial charge in [0.2, 0.25) is 5.91 Å². The Labute approximate surface area is 156 Å². The van der Waals surface area contributed by atoms with E-state index in [9.17, 15) is 4.79 Å². The SMILES string of the molecule is O=C([C@H]1CCC(NC2CCOCC2)C1)N1CC=C(c2ccccc2)CC1. The lowest BCUT2D eigenvalue weighted by molar-refractivity contribution is -0.134. The highest BCUT2D eigenvalue weighted by atomic mass is 16.5. The summed E-state index contributed by atoms with van der Waals surface area (Å²) in [5, 5.41) is 3.77. The first-order valence-corrected chi connectivity index (χ1v) is 10.2. The third kappa shape index (κ3) is 4.18. The van der Waals surface area contributed by atoms with Crippen molar-refractivity contribution in [2.75, 3.05) is 26.3 Å². The van der Waals surface area contributed by atoms with Crippen LogP contribution in [0.4, 0.5) is 0 Å². The number of nitrogens with zero attached hydrogens (tertiary/aromatic N) is 1. The molecule has 1 amide bonds. The van der Waals surface area contributed by atoms with Crippen molar-refractivity contribution in [3.63, 3.8) is 0 Å². The second-order valence-electron chi connectivity index (χ2n) is 7.89. The summed E-state index contributed by atoms with van der Waals surface area (Å²) in [6.45, 7) is 3.36. The number of hydrogen-bond donors (Lipinski definition) is 1. The lowest BCUT2D eigenvalue weighted by Crippen LogP contribution is -2.42. The van der Waals surface area contributed by atoms with Crippen LogP contribution in [0.1, 0.15) is 44.1 Å². The third-order valence-electron chi connectivity index (χ3n) is 6.14. The maximum absolute atomic E-state index is 12.9. The number of nitrogens with one attached hydrogen (secondary N) is 1. The van der Waals surface area contributed by atoms with E-state index in [0.29, 0.717) is 18.0 Å². The Hall–Kier alpha value is -1.65. The first kappa shape index (κ1) is 17.7. The van der Waals surface area contributed by atoms with Gasteiger partial charge < -0.3 is 15.0 Å². The molecule has 1 unspecified atom stereocenters. The average Bonchev–Trinajstić information content (AvgIpc) is 3.17. The smallest absolute Gasteiger partial charge is 0.226 e. The lowest BCUT2D eigenvalue weighted by atomic mass is 9.98. The zero-order valence-electron chi connectivity index (χ0n) is 15.5. The minimum atomic E-state index is 0.207. The van der Waals surface area contributed by atoms with Crippen LogP contribution in [0.3, 0.4) is 0 Å². The van der Waals surface area contributed by atoms with Gasteiger partial charge in [-0.15, -0.1) is 0 Å². The fourth-order valence-electron chi connectivity index (χ4n) is 4.60. The van der Waals surface area contributed by atoms with Crippen LogP contribution in [-0.4, -0.2) is 49.2 Å². The number of carbonyl (C=O) groups is 1. The molecule has 2 fully saturated rings. The molecule has 1 saturated carbocycles. The number of benzene rings is 1. The van der Waals surface area contributed by atoms with Crippen molar-refractivity contribution in [3.8, 4) is 0 Å². The number of amides is 1. The van der Waals surface area contributed by atoms with Gasteiger partial charge in [0, 0.05) is 44.3 Å². The molecule has 1 saturated heterocycles. The summed E-state index contributed by atoms with van der Waals surface area (Å²) in [5.74, 6) is 0.573. The predicted octanol–water partition coefficient (Wildman–Crippen LogP) is 3.24. The number of ether oxygens (including phenoxy) is 1. The van der Waals surface area contributed by atoms with E-state index < -0.39 is 0 Å². The van der Waals surface area contributed by atoms with Crippen molar-refractivity contribution in [2.24, 2.45) is 5.92 Å². The Balaban J connectivity index is 1.28. The highest BCUT2D eigenvalue weighted by Crippen LogP contribution is 2.30. The molecule has 4 heteroatoms. The van der Waals surface area contributed by atoms with Gasteiger partial charge in [-0.3, -0.25) is 4.79 Å². The summed E-state index contributed by atoms with van der Waals surface area (Å²) in [6.07, 6.45) is 8.58. The summed E-state index contributed by atoms with van der Waals surface area (Å²) in [4.78, 5) is 15.0. The van der Waals surface area contributed by atoms with E-state index in [2.05, 4.69) is 40.6 Å². The van der Waals surface area contributed by atoms with Gasteiger partial charge >= 0.3 is 0 Å². The molecule has 4 rings (SSSR count). The maximum Gasteiger partial charge on any atom is 0.226 e. The van der Waals surface area contributed by atoms with Crippen molar-refractivity contribution in [3.05, 3.63) is 42.0 Å². The zero-order chi connectivity index (χ0) is 17.8. The normalized spacial score (nSPS) is 27.4. The average molecular weight is 354 g/mol. The molecule has 3 aliphatic rings. The molecule has 0 spiro atoms.